The van der Waals surface area contributed by atoms with Gasteiger partial charge in [0.1, 0.15) is 0 Å². The zero-order chi connectivity index (χ0) is 25.8. The molecule has 0 spiro atoms. The largest absolute Gasteiger partial charge is 0.393 e. The summed E-state index contributed by atoms with van der Waals surface area (Å²) in [6.45, 7) is 14.5. The molecular weight excluding hydrogens is 456 g/mol. The summed E-state index contributed by atoms with van der Waals surface area (Å²) in [5, 5.41) is 20.3. The van der Waals surface area contributed by atoms with Gasteiger partial charge in [-0.25, -0.2) is 8.42 Å². The Kier molecular flexibility index (Phi) is 7.32. The predicted octanol–water partition coefficient (Wildman–Crippen LogP) is 6.29. The van der Waals surface area contributed by atoms with E-state index in [-0.39, 0.29) is 5.41 Å². The molecule has 4 rings (SSSR count). The molecule has 4 fully saturated rings. The van der Waals surface area contributed by atoms with Crippen molar-refractivity contribution < 1.29 is 18.6 Å². The van der Waals surface area contributed by atoms with Gasteiger partial charge in [-0.2, -0.15) is 0 Å². The molecule has 0 aromatic carbocycles. The standard InChI is InChI=1S/C30H48O4S/c1-20(13-15-30(16-17-30)35(33,34)28(3,4)5)25-11-12-26-22(8-7-14-29(25,26)6)9-10-23-18-24(31)19-27(32)21(23)2/h9-10,20,24-27,31-32H,2,7-8,11-19H2,1,3-6H3/b22-9+,23-10-/t20-,24-,25-,26+,27+,29-/m1/s1. The number of aliphatic hydroxyl groups excluding tert-OH is 2. The van der Waals surface area contributed by atoms with Gasteiger partial charge in [0, 0.05) is 6.42 Å². The zero-order valence-corrected chi connectivity index (χ0v) is 23.5. The average Bonchev–Trinajstić information content (AvgIpc) is 3.48. The monoisotopic (exact) mass is 504 g/mol. The Labute approximate surface area is 213 Å². The molecule has 0 aromatic heterocycles. The molecule has 0 radical (unpaired) electrons. The fourth-order valence-corrected chi connectivity index (χ4v) is 10.1. The second-order valence-electron chi connectivity index (χ2n) is 13.5. The summed E-state index contributed by atoms with van der Waals surface area (Å²) in [4.78, 5) is 0. The second kappa shape index (κ2) is 9.44. The molecule has 4 saturated carbocycles. The first-order valence-corrected chi connectivity index (χ1v) is 15.4. The molecule has 0 amide bonds. The topological polar surface area (TPSA) is 74.6 Å². The Morgan fingerprint density at radius 2 is 1.83 bits per heavy atom. The van der Waals surface area contributed by atoms with Crippen molar-refractivity contribution in [2.45, 2.75) is 127 Å². The van der Waals surface area contributed by atoms with Gasteiger partial charge in [-0.3, -0.25) is 0 Å². The average molecular weight is 505 g/mol. The van der Waals surface area contributed by atoms with Gasteiger partial charge in [-0.05, 0) is 119 Å². The van der Waals surface area contributed by atoms with Crippen LogP contribution in [-0.4, -0.2) is 40.3 Å². The van der Waals surface area contributed by atoms with Crippen molar-refractivity contribution in [3.63, 3.8) is 0 Å². The second-order valence-corrected chi connectivity index (χ2v) is 16.6. The van der Waals surface area contributed by atoms with E-state index in [4.69, 9.17) is 0 Å². The lowest BCUT2D eigenvalue weighted by Crippen LogP contribution is -2.40. The summed E-state index contributed by atoms with van der Waals surface area (Å²) in [5.74, 6) is 1.73. The fourth-order valence-electron chi connectivity index (χ4n) is 7.81. The highest BCUT2D eigenvalue weighted by atomic mass is 32.2. The molecule has 0 heterocycles. The summed E-state index contributed by atoms with van der Waals surface area (Å²) in [6, 6.07) is 0. The van der Waals surface area contributed by atoms with Gasteiger partial charge in [0.2, 0.25) is 0 Å². The van der Waals surface area contributed by atoms with Crippen LogP contribution in [0.2, 0.25) is 0 Å². The summed E-state index contributed by atoms with van der Waals surface area (Å²) in [5.41, 5.74) is 3.51. The number of sulfone groups is 1. The first-order valence-electron chi connectivity index (χ1n) is 13.9. The van der Waals surface area contributed by atoms with Crippen molar-refractivity contribution in [3.8, 4) is 0 Å². The van der Waals surface area contributed by atoms with Gasteiger partial charge in [-0.1, -0.05) is 38.2 Å². The van der Waals surface area contributed by atoms with Crippen molar-refractivity contribution in [1.82, 2.24) is 0 Å². The molecule has 0 saturated heterocycles. The number of fused-ring (bicyclic) bond motifs is 1. The predicted molar refractivity (Wildman–Crippen MR) is 144 cm³/mol. The molecule has 5 heteroatoms. The lowest BCUT2D eigenvalue weighted by molar-refractivity contribution is 0.0861. The van der Waals surface area contributed by atoms with E-state index in [0.29, 0.717) is 30.6 Å². The van der Waals surface area contributed by atoms with Crippen molar-refractivity contribution in [2.75, 3.05) is 0 Å². The molecule has 0 bridgehead atoms. The van der Waals surface area contributed by atoms with Crippen LogP contribution in [0.5, 0.6) is 0 Å². The molecule has 0 unspecified atom stereocenters. The molecule has 0 aliphatic heterocycles. The number of allylic oxidation sites excluding steroid dienone is 3. The van der Waals surface area contributed by atoms with E-state index < -0.39 is 31.5 Å². The van der Waals surface area contributed by atoms with Crippen LogP contribution in [0.3, 0.4) is 0 Å². The first-order chi connectivity index (χ1) is 16.2. The third-order valence-electron chi connectivity index (χ3n) is 10.2. The fraction of sp³-hybridized carbons (Fsp3) is 0.800. The van der Waals surface area contributed by atoms with E-state index in [1.54, 1.807) is 0 Å². The van der Waals surface area contributed by atoms with Gasteiger partial charge >= 0.3 is 0 Å². The molecule has 0 aromatic rings. The molecule has 198 valence electrons. The number of aliphatic hydroxyl groups is 2. The molecule has 4 aliphatic carbocycles. The highest BCUT2D eigenvalue weighted by molar-refractivity contribution is 7.94. The lowest BCUT2D eigenvalue weighted by Gasteiger charge is -2.44. The van der Waals surface area contributed by atoms with Gasteiger partial charge in [0.05, 0.1) is 21.7 Å². The molecular formula is C30H48O4S. The summed E-state index contributed by atoms with van der Waals surface area (Å²) in [7, 11) is -3.12. The van der Waals surface area contributed by atoms with Crippen LogP contribution in [0.4, 0.5) is 0 Å². The number of hydrogen-bond acceptors (Lipinski definition) is 4. The summed E-state index contributed by atoms with van der Waals surface area (Å²) < 4.78 is 25.3. The van der Waals surface area contributed by atoms with Gasteiger partial charge in [0.15, 0.2) is 9.84 Å². The Hall–Kier alpha value is -0.910. The highest BCUT2D eigenvalue weighted by Crippen LogP contribution is 2.61. The number of hydrogen-bond donors (Lipinski definition) is 2. The molecule has 4 nitrogen and oxygen atoms in total. The molecule has 4 aliphatic rings. The van der Waals surface area contributed by atoms with Crippen LogP contribution in [0.15, 0.2) is 35.5 Å². The third kappa shape index (κ3) is 4.86. The maximum atomic E-state index is 13.2. The minimum atomic E-state index is -3.12. The third-order valence-corrected chi connectivity index (χ3v) is 13.6. The minimum Gasteiger partial charge on any atom is -0.393 e. The molecule has 35 heavy (non-hydrogen) atoms. The van der Waals surface area contributed by atoms with E-state index in [2.05, 4.69) is 32.6 Å². The minimum absolute atomic E-state index is 0.268. The lowest BCUT2D eigenvalue weighted by atomic mass is 9.60. The zero-order valence-electron chi connectivity index (χ0n) is 22.6. The smallest absolute Gasteiger partial charge is 0.160 e. The summed E-state index contributed by atoms with van der Waals surface area (Å²) >= 11 is 0. The van der Waals surface area contributed by atoms with Gasteiger partial charge in [0.25, 0.3) is 0 Å². The molecule has 6 atom stereocenters. The van der Waals surface area contributed by atoms with Crippen LogP contribution in [0.1, 0.15) is 105 Å². The SMILES string of the molecule is C=C1/C(=C\C=C2/CCC[C@]3(C)[C@@H]([C@H](C)CCC4(S(=O)(=O)C(C)(C)C)CC4)CC[C@@H]23)C[C@@H](O)C[C@@H]1O. The van der Waals surface area contributed by atoms with Crippen molar-refractivity contribution in [2.24, 2.45) is 23.2 Å². The van der Waals surface area contributed by atoms with Gasteiger partial charge < -0.3 is 10.2 Å². The Morgan fingerprint density at radius 1 is 1.14 bits per heavy atom. The van der Waals surface area contributed by atoms with Crippen LogP contribution >= 0.6 is 0 Å². The quantitative estimate of drug-likeness (QED) is 0.446. The normalized spacial score (nSPS) is 38.5. The van der Waals surface area contributed by atoms with Crippen molar-refractivity contribution in [1.29, 1.82) is 0 Å². The van der Waals surface area contributed by atoms with Crippen LogP contribution in [0.25, 0.3) is 0 Å². The van der Waals surface area contributed by atoms with Crippen molar-refractivity contribution in [3.05, 3.63) is 35.5 Å². The van der Waals surface area contributed by atoms with Gasteiger partial charge in [-0.15, -0.1) is 0 Å². The Balaban J connectivity index is 1.46. The Morgan fingerprint density at radius 3 is 2.46 bits per heavy atom. The van der Waals surface area contributed by atoms with Crippen molar-refractivity contribution >= 4 is 9.84 Å². The van der Waals surface area contributed by atoms with E-state index in [9.17, 15) is 18.6 Å². The summed E-state index contributed by atoms with van der Waals surface area (Å²) in [6.07, 6.45) is 13.7. The maximum Gasteiger partial charge on any atom is 0.160 e. The van der Waals surface area contributed by atoms with Crippen LogP contribution < -0.4 is 0 Å². The van der Waals surface area contributed by atoms with E-state index >= 15 is 0 Å². The Bertz CT molecular complexity index is 994. The van der Waals surface area contributed by atoms with Crippen LogP contribution in [-0.2, 0) is 9.84 Å². The van der Waals surface area contributed by atoms with E-state index in [0.717, 1.165) is 43.3 Å². The first kappa shape index (κ1) is 27.1. The number of rotatable bonds is 6. The van der Waals surface area contributed by atoms with E-state index in [1.807, 2.05) is 20.8 Å². The maximum absolute atomic E-state index is 13.2. The highest BCUT2D eigenvalue weighted by Gasteiger charge is 2.58. The van der Waals surface area contributed by atoms with E-state index in [1.165, 1.54) is 31.3 Å². The van der Waals surface area contributed by atoms with Crippen LogP contribution in [0, 0.1) is 23.2 Å². The molecule has 2 N–H and O–H groups in total.